The molecule has 0 N–H and O–H groups in total. The topological polar surface area (TPSA) is 16.1 Å². The molecule has 2 nitrogen and oxygen atoms in total. The van der Waals surface area contributed by atoms with Gasteiger partial charge in [-0.2, -0.15) is 0 Å². The van der Waals surface area contributed by atoms with Crippen LogP contribution in [0.1, 0.15) is 5.69 Å². The largest absolute Gasteiger partial charge is 0.296 e. The van der Waals surface area contributed by atoms with Crippen LogP contribution in [-0.4, -0.2) is 34.5 Å². The summed E-state index contributed by atoms with van der Waals surface area (Å²) in [6, 6.07) is 3.24. The lowest BCUT2D eigenvalue weighted by Crippen LogP contribution is -2.26. The molecule has 0 atom stereocenters. The highest BCUT2D eigenvalue weighted by Gasteiger charge is 2.10. The van der Waals surface area contributed by atoms with Gasteiger partial charge in [-0.25, -0.2) is 4.39 Å². The second-order valence-corrected chi connectivity index (χ2v) is 6.09. The van der Waals surface area contributed by atoms with Crippen LogP contribution in [0.2, 0.25) is 0 Å². The molecule has 0 unspecified atom stereocenters. The summed E-state index contributed by atoms with van der Waals surface area (Å²) in [5.41, 5.74) is 0.952. The number of halogens is 1. The highest BCUT2D eigenvalue weighted by molar-refractivity contribution is 8.76. The van der Waals surface area contributed by atoms with E-state index in [0.717, 1.165) is 36.8 Å². The maximum Gasteiger partial charge on any atom is 0.141 e. The number of nitrogens with zero attached hydrogens (tertiary/aromatic N) is 2. The molecule has 0 spiro atoms. The van der Waals surface area contributed by atoms with Crippen molar-refractivity contribution in [1.82, 2.24) is 9.88 Å². The van der Waals surface area contributed by atoms with Crippen molar-refractivity contribution in [3.63, 3.8) is 0 Å². The van der Waals surface area contributed by atoms with Crippen molar-refractivity contribution >= 4 is 21.6 Å². The van der Waals surface area contributed by atoms with Crippen molar-refractivity contribution in [2.24, 2.45) is 0 Å². The van der Waals surface area contributed by atoms with Crippen LogP contribution in [0.15, 0.2) is 18.3 Å². The molecule has 15 heavy (non-hydrogen) atoms. The maximum absolute atomic E-state index is 12.6. The fourth-order valence-electron chi connectivity index (χ4n) is 1.45. The number of rotatable bonds is 2. The number of hydrogen-bond donors (Lipinski definition) is 0. The van der Waals surface area contributed by atoms with Gasteiger partial charge in [0.25, 0.3) is 0 Å². The highest BCUT2D eigenvalue weighted by Crippen LogP contribution is 2.24. The molecular weight excluding hydrogens is 231 g/mol. The Morgan fingerprint density at radius 2 is 2.00 bits per heavy atom. The normalized spacial score (nSPS) is 18.7. The number of aromatic nitrogens is 1. The average Bonchev–Trinajstić information content (AvgIpc) is 2.50. The Kier molecular flexibility index (Phi) is 4.29. The van der Waals surface area contributed by atoms with E-state index in [4.69, 9.17) is 0 Å². The second-order valence-electron chi connectivity index (χ2n) is 3.39. The van der Waals surface area contributed by atoms with Gasteiger partial charge in [0.15, 0.2) is 0 Å². The molecule has 1 saturated heterocycles. The minimum Gasteiger partial charge on any atom is -0.296 e. The molecule has 2 heterocycles. The third kappa shape index (κ3) is 3.66. The van der Waals surface area contributed by atoms with Gasteiger partial charge in [-0.1, -0.05) is 21.6 Å². The van der Waals surface area contributed by atoms with Crippen LogP contribution >= 0.6 is 21.6 Å². The third-order valence-electron chi connectivity index (χ3n) is 2.24. The molecule has 1 aliphatic rings. The first-order valence-electron chi connectivity index (χ1n) is 4.92. The molecule has 0 saturated carbocycles. The van der Waals surface area contributed by atoms with Crippen molar-refractivity contribution in [2.75, 3.05) is 24.6 Å². The fourth-order valence-corrected chi connectivity index (χ4v) is 3.51. The molecule has 2 rings (SSSR count). The van der Waals surface area contributed by atoms with Crippen LogP contribution in [0.3, 0.4) is 0 Å². The van der Waals surface area contributed by atoms with E-state index in [1.54, 1.807) is 6.07 Å². The van der Waals surface area contributed by atoms with Gasteiger partial charge in [0, 0.05) is 31.1 Å². The second kappa shape index (κ2) is 5.72. The predicted octanol–water partition coefficient (Wildman–Crippen LogP) is 2.42. The number of pyridine rings is 1. The van der Waals surface area contributed by atoms with Gasteiger partial charge in [-0.05, 0) is 12.1 Å². The quantitative estimate of drug-likeness (QED) is 0.742. The smallest absolute Gasteiger partial charge is 0.141 e. The summed E-state index contributed by atoms with van der Waals surface area (Å²) in [6.07, 6.45) is 1.29. The summed E-state index contributed by atoms with van der Waals surface area (Å²) in [7, 11) is 3.85. The van der Waals surface area contributed by atoms with Gasteiger partial charge < -0.3 is 0 Å². The Balaban J connectivity index is 1.92. The van der Waals surface area contributed by atoms with E-state index in [1.165, 1.54) is 12.3 Å². The number of hydrogen-bond acceptors (Lipinski definition) is 4. The van der Waals surface area contributed by atoms with Gasteiger partial charge in [0.1, 0.15) is 5.82 Å². The van der Waals surface area contributed by atoms with E-state index in [0.29, 0.717) is 0 Å². The summed E-state index contributed by atoms with van der Waals surface area (Å²) in [5, 5.41) is 0. The van der Waals surface area contributed by atoms with E-state index < -0.39 is 0 Å². The molecule has 0 aliphatic carbocycles. The van der Waals surface area contributed by atoms with Crippen LogP contribution in [0.25, 0.3) is 0 Å². The Hall–Kier alpha value is -0.260. The summed E-state index contributed by atoms with van der Waals surface area (Å²) in [6.45, 7) is 3.02. The summed E-state index contributed by atoms with van der Waals surface area (Å²) < 4.78 is 12.6. The predicted molar refractivity (Wildman–Crippen MR) is 64.4 cm³/mol. The molecule has 1 aromatic rings. The zero-order valence-electron chi connectivity index (χ0n) is 8.36. The molecule has 82 valence electrons. The van der Waals surface area contributed by atoms with Gasteiger partial charge in [-0.3, -0.25) is 9.88 Å². The first kappa shape index (κ1) is 11.2. The lowest BCUT2D eigenvalue weighted by molar-refractivity contribution is 0.298. The van der Waals surface area contributed by atoms with E-state index >= 15 is 0 Å². The van der Waals surface area contributed by atoms with Crippen LogP contribution in [-0.2, 0) is 6.54 Å². The van der Waals surface area contributed by atoms with E-state index in [2.05, 4.69) is 9.88 Å². The Morgan fingerprint density at radius 1 is 1.27 bits per heavy atom. The van der Waals surface area contributed by atoms with E-state index in [9.17, 15) is 4.39 Å². The molecule has 0 radical (unpaired) electrons. The fraction of sp³-hybridized carbons (Fsp3) is 0.500. The van der Waals surface area contributed by atoms with Gasteiger partial charge >= 0.3 is 0 Å². The molecule has 1 aromatic heterocycles. The molecule has 5 heteroatoms. The lowest BCUT2D eigenvalue weighted by atomic mass is 10.3. The van der Waals surface area contributed by atoms with Crippen molar-refractivity contribution in [3.05, 3.63) is 29.8 Å². The lowest BCUT2D eigenvalue weighted by Gasteiger charge is -2.18. The Bertz CT molecular complexity index is 297. The van der Waals surface area contributed by atoms with Crippen LogP contribution in [0.4, 0.5) is 4.39 Å². The Morgan fingerprint density at radius 3 is 2.60 bits per heavy atom. The first-order valence-corrected chi connectivity index (χ1v) is 7.40. The van der Waals surface area contributed by atoms with Crippen molar-refractivity contribution < 1.29 is 4.39 Å². The van der Waals surface area contributed by atoms with Crippen LogP contribution in [0, 0.1) is 5.82 Å². The molecule has 0 bridgehead atoms. The van der Waals surface area contributed by atoms with E-state index in [-0.39, 0.29) is 5.82 Å². The summed E-state index contributed by atoms with van der Waals surface area (Å²) in [5.74, 6) is 2.05. The van der Waals surface area contributed by atoms with Crippen LogP contribution < -0.4 is 0 Å². The monoisotopic (exact) mass is 244 g/mol. The van der Waals surface area contributed by atoms with E-state index in [1.807, 2.05) is 21.6 Å². The van der Waals surface area contributed by atoms with Gasteiger partial charge in [0.2, 0.25) is 0 Å². The molecule has 1 aliphatic heterocycles. The summed E-state index contributed by atoms with van der Waals surface area (Å²) >= 11 is 0. The van der Waals surface area contributed by atoms with Crippen molar-refractivity contribution in [2.45, 2.75) is 6.54 Å². The Labute approximate surface area is 97.0 Å². The highest BCUT2D eigenvalue weighted by atomic mass is 33.1. The van der Waals surface area contributed by atoms with Crippen molar-refractivity contribution in [1.29, 1.82) is 0 Å². The zero-order chi connectivity index (χ0) is 10.5. The standard InChI is InChI=1S/C10H13FN2S2/c11-9-1-2-10(12-7-9)8-13-3-5-14-15-6-4-13/h1-2,7H,3-6,8H2. The SMILES string of the molecule is Fc1ccc(CN2CCSSCC2)nc1. The zero-order valence-corrected chi connectivity index (χ0v) is 9.99. The van der Waals surface area contributed by atoms with Crippen molar-refractivity contribution in [3.8, 4) is 0 Å². The van der Waals surface area contributed by atoms with Gasteiger partial charge in [-0.15, -0.1) is 0 Å². The molecule has 0 amide bonds. The third-order valence-corrected chi connectivity index (χ3v) is 4.60. The minimum absolute atomic E-state index is 0.263. The van der Waals surface area contributed by atoms with Crippen LogP contribution in [0.5, 0.6) is 0 Å². The van der Waals surface area contributed by atoms with Gasteiger partial charge in [0.05, 0.1) is 11.9 Å². The minimum atomic E-state index is -0.263. The first-order chi connectivity index (χ1) is 7.34. The summed E-state index contributed by atoms with van der Waals surface area (Å²) in [4.78, 5) is 6.44. The average molecular weight is 244 g/mol. The molecule has 1 fully saturated rings. The maximum atomic E-state index is 12.6. The molecular formula is C10H13FN2S2. The molecule has 0 aromatic carbocycles.